The van der Waals surface area contributed by atoms with Gasteiger partial charge in [0.05, 0.1) is 0 Å². The smallest absolute Gasteiger partial charge is 0.287 e. The summed E-state index contributed by atoms with van der Waals surface area (Å²) in [6, 6.07) is 9.98. The molecule has 1 saturated heterocycles. The Morgan fingerprint density at radius 3 is 2.42 bits per heavy atom. The predicted molar refractivity (Wildman–Crippen MR) is 115 cm³/mol. The molecule has 1 aliphatic heterocycles. The number of nitrogens with one attached hydrogen (secondary N) is 1. The van der Waals surface area contributed by atoms with Gasteiger partial charge in [-0.25, -0.2) is 8.78 Å². The van der Waals surface area contributed by atoms with E-state index in [2.05, 4.69) is 32.2 Å². The molecule has 31 heavy (non-hydrogen) atoms. The molecule has 10 heteroatoms. The minimum absolute atomic E-state index is 0.0478. The van der Waals surface area contributed by atoms with Crippen LogP contribution in [-0.2, 0) is 0 Å². The maximum absolute atomic E-state index is 14.3. The summed E-state index contributed by atoms with van der Waals surface area (Å²) < 4.78 is 29.1. The van der Waals surface area contributed by atoms with Gasteiger partial charge in [-0.05, 0) is 49.9 Å². The topological polar surface area (TPSA) is 92.3 Å². The average molecular weight is 427 g/mol. The Labute approximate surface area is 178 Å². The van der Waals surface area contributed by atoms with Crippen LogP contribution in [-0.4, -0.2) is 58.8 Å². The fourth-order valence-electron chi connectivity index (χ4n) is 3.43. The Morgan fingerprint density at radius 1 is 1.06 bits per heavy atom. The van der Waals surface area contributed by atoms with Crippen LogP contribution >= 0.6 is 0 Å². The van der Waals surface area contributed by atoms with Crippen LogP contribution in [0.1, 0.15) is 15.9 Å². The summed E-state index contributed by atoms with van der Waals surface area (Å²) in [6.07, 6.45) is 0. The predicted octanol–water partition coefficient (Wildman–Crippen LogP) is 2.63. The number of hydrogen-bond acceptors (Lipinski definition) is 7. The zero-order valence-electron chi connectivity index (χ0n) is 17.3. The molecule has 0 bridgehead atoms. The number of aryl methyl sites for hydroxylation is 1. The van der Waals surface area contributed by atoms with Crippen molar-refractivity contribution in [3.8, 4) is 0 Å². The summed E-state index contributed by atoms with van der Waals surface area (Å²) in [5.74, 6) is -3.19. The van der Waals surface area contributed by atoms with Gasteiger partial charge in [0.25, 0.3) is 5.91 Å². The van der Waals surface area contributed by atoms with Crippen molar-refractivity contribution in [3.63, 3.8) is 0 Å². The molecule has 162 valence electrons. The number of halogens is 2. The summed E-state index contributed by atoms with van der Waals surface area (Å²) in [7, 11) is 2.11. The lowest BCUT2D eigenvalue weighted by molar-refractivity contribution is 0.0939. The zero-order chi connectivity index (χ0) is 22.1. The van der Waals surface area contributed by atoms with Crippen LogP contribution in [0, 0.1) is 18.6 Å². The minimum Gasteiger partial charge on any atom is -0.369 e. The minimum atomic E-state index is -1.03. The Kier molecular flexibility index (Phi) is 5.55. The molecule has 0 spiro atoms. The second-order valence-corrected chi connectivity index (χ2v) is 7.53. The lowest BCUT2D eigenvalue weighted by Gasteiger charge is -2.34. The van der Waals surface area contributed by atoms with Gasteiger partial charge in [-0.1, -0.05) is 6.07 Å². The molecular formula is C21H23F2N7O. The molecule has 0 aliphatic carbocycles. The molecule has 0 radical (unpaired) electrons. The third-order valence-corrected chi connectivity index (χ3v) is 5.31. The number of nitrogens with zero attached hydrogens (tertiary/aromatic N) is 5. The number of piperazine rings is 1. The Balaban J connectivity index is 1.51. The van der Waals surface area contributed by atoms with E-state index in [4.69, 9.17) is 5.73 Å². The lowest BCUT2D eigenvalue weighted by atomic mass is 10.1. The van der Waals surface area contributed by atoms with Crippen LogP contribution in [0.3, 0.4) is 0 Å². The summed E-state index contributed by atoms with van der Waals surface area (Å²) >= 11 is 0. The van der Waals surface area contributed by atoms with E-state index in [0.717, 1.165) is 37.9 Å². The molecule has 8 nitrogen and oxygen atoms in total. The number of benzene rings is 2. The van der Waals surface area contributed by atoms with E-state index in [1.54, 1.807) is 0 Å². The van der Waals surface area contributed by atoms with E-state index in [1.807, 2.05) is 24.3 Å². The highest BCUT2D eigenvalue weighted by atomic mass is 19.1. The number of hydrogen-bond donors (Lipinski definition) is 2. The van der Waals surface area contributed by atoms with E-state index in [1.165, 1.54) is 13.0 Å². The highest BCUT2D eigenvalue weighted by molar-refractivity contribution is 5.97. The number of anilines is 4. The summed E-state index contributed by atoms with van der Waals surface area (Å²) in [6.45, 7) is 5.38. The van der Waals surface area contributed by atoms with Crippen LogP contribution in [0.25, 0.3) is 0 Å². The van der Waals surface area contributed by atoms with Gasteiger partial charge in [0.2, 0.25) is 11.9 Å². The van der Waals surface area contributed by atoms with Gasteiger partial charge in [0, 0.05) is 37.6 Å². The molecule has 4 rings (SSSR count). The fourth-order valence-corrected chi connectivity index (χ4v) is 3.43. The van der Waals surface area contributed by atoms with Gasteiger partial charge in [-0.2, -0.15) is 9.67 Å². The summed E-state index contributed by atoms with van der Waals surface area (Å²) in [5.41, 5.74) is 6.99. The van der Waals surface area contributed by atoms with Crippen molar-refractivity contribution >= 4 is 29.2 Å². The summed E-state index contributed by atoms with van der Waals surface area (Å²) in [4.78, 5) is 21.2. The van der Waals surface area contributed by atoms with Crippen molar-refractivity contribution in [2.75, 3.05) is 49.2 Å². The average Bonchev–Trinajstić information content (AvgIpc) is 3.12. The van der Waals surface area contributed by atoms with E-state index < -0.39 is 23.1 Å². The van der Waals surface area contributed by atoms with Crippen molar-refractivity contribution in [2.24, 2.45) is 0 Å². The first-order valence-electron chi connectivity index (χ1n) is 9.86. The molecular weight excluding hydrogens is 404 g/mol. The van der Waals surface area contributed by atoms with Gasteiger partial charge in [0.1, 0.15) is 17.2 Å². The number of nitrogen functional groups attached to an aromatic ring is 1. The number of carbonyl (C=O) groups is 1. The Hall–Kier alpha value is -3.53. The number of carbonyl (C=O) groups excluding carboxylic acids is 1. The van der Waals surface area contributed by atoms with Crippen molar-refractivity contribution < 1.29 is 13.6 Å². The van der Waals surface area contributed by atoms with E-state index >= 15 is 0 Å². The summed E-state index contributed by atoms with van der Waals surface area (Å²) in [5, 5.41) is 6.94. The Morgan fingerprint density at radius 2 is 1.74 bits per heavy atom. The van der Waals surface area contributed by atoms with Crippen molar-refractivity contribution in [1.82, 2.24) is 19.7 Å². The van der Waals surface area contributed by atoms with Crippen LogP contribution in [0.2, 0.25) is 0 Å². The third kappa shape index (κ3) is 4.19. The molecule has 1 aromatic heterocycles. The van der Waals surface area contributed by atoms with Gasteiger partial charge >= 0.3 is 0 Å². The quantitative estimate of drug-likeness (QED) is 0.661. The molecule has 1 fully saturated rings. The first-order valence-corrected chi connectivity index (χ1v) is 9.86. The molecule has 3 N–H and O–H groups in total. The van der Waals surface area contributed by atoms with Gasteiger partial charge in [-0.3, -0.25) is 4.79 Å². The monoisotopic (exact) mass is 427 g/mol. The first-order chi connectivity index (χ1) is 14.8. The van der Waals surface area contributed by atoms with Crippen molar-refractivity contribution in [2.45, 2.75) is 6.92 Å². The van der Waals surface area contributed by atoms with E-state index in [9.17, 15) is 13.6 Å². The molecule has 2 aromatic carbocycles. The zero-order valence-corrected chi connectivity index (χ0v) is 17.3. The van der Waals surface area contributed by atoms with Crippen LogP contribution < -0.4 is 16.0 Å². The first kappa shape index (κ1) is 20.7. The lowest BCUT2D eigenvalue weighted by Crippen LogP contribution is -2.44. The van der Waals surface area contributed by atoms with Gasteiger partial charge in [-0.15, -0.1) is 5.10 Å². The van der Waals surface area contributed by atoms with E-state index in [0.29, 0.717) is 10.4 Å². The molecule has 0 atom stereocenters. The van der Waals surface area contributed by atoms with Crippen molar-refractivity contribution in [3.05, 3.63) is 59.2 Å². The van der Waals surface area contributed by atoms with Gasteiger partial charge < -0.3 is 20.9 Å². The number of aromatic nitrogens is 3. The Bertz CT molecular complexity index is 1110. The second-order valence-electron chi connectivity index (χ2n) is 7.53. The largest absolute Gasteiger partial charge is 0.369 e. The fraction of sp³-hybridized carbons (Fsp3) is 0.286. The SMILES string of the molecule is Cc1ccc(F)c(C(=O)n2nc(Nc3ccc(N4CCN(C)CC4)cc3)nc2N)c1F. The van der Waals surface area contributed by atoms with Crippen molar-refractivity contribution in [1.29, 1.82) is 0 Å². The second kappa shape index (κ2) is 8.31. The maximum Gasteiger partial charge on any atom is 0.287 e. The van der Waals surface area contributed by atoms with Crippen LogP contribution in [0.15, 0.2) is 36.4 Å². The molecule has 0 saturated carbocycles. The highest BCUT2D eigenvalue weighted by Crippen LogP contribution is 2.23. The number of nitrogens with two attached hydrogens (primary N) is 1. The third-order valence-electron chi connectivity index (χ3n) is 5.31. The van der Waals surface area contributed by atoms with Crippen LogP contribution in [0.4, 0.5) is 32.1 Å². The molecule has 0 amide bonds. The molecule has 3 aromatic rings. The van der Waals surface area contributed by atoms with Crippen LogP contribution in [0.5, 0.6) is 0 Å². The molecule has 1 aliphatic rings. The molecule has 2 heterocycles. The van der Waals surface area contributed by atoms with E-state index in [-0.39, 0.29) is 17.5 Å². The number of likely N-dealkylation sites (N-methyl/N-ethyl adjacent to an activating group) is 1. The highest BCUT2D eigenvalue weighted by Gasteiger charge is 2.24. The standard InChI is InChI=1S/C21H23F2N7O/c1-13-3-8-16(22)17(18(13)23)19(31)30-20(24)26-21(27-30)25-14-4-6-15(7-5-14)29-11-9-28(2)10-12-29/h3-8H,9-12H2,1-2H3,(H3,24,25,26,27). The normalized spacial score (nSPS) is 14.6. The molecule has 0 unspecified atom stereocenters. The van der Waals surface area contributed by atoms with Gasteiger partial charge in [0.15, 0.2) is 0 Å². The maximum atomic E-state index is 14.3. The number of rotatable bonds is 4.